The molecule has 0 atom stereocenters. The molecule has 0 spiro atoms. The standard InChI is InChI=1S/C9H21NO3S/c1-9(2,13-3)5-6-10-7-8-14(4,11)12/h10H,5-8H2,1-4H3. The van der Waals surface area contributed by atoms with E-state index < -0.39 is 9.84 Å². The van der Waals surface area contributed by atoms with E-state index >= 15 is 0 Å². The van der Waals surface area contributed by atoms with Crippen molar-refractivity contribution in [1.82, 2.24) is 5.32 Å². The summed E-state index contributed by atoms with van der Waals surface area (Å²) in [6.07, 6.45) is 2.11. The molecule has 0 radical (unpaired) electrons. The number of methoxy groups -OCH3 is 1. The average Bonchev–Trinajstić information content (AvgIpc) is 2.01. The molecule has 14 heavy (non-hydrogen) atoms. The highest BCUT2D eigenvalue weighted by Crippen LogP contribution is 2.10. The molecule has 0 fully saturated rings. The summed E-state index contributed by atoms with van der Waals surface area (Å²) >= 11 is 0. The molecule has 0 saturated heterocycles. The molecular weight excluding hydrogens is 202 g/mol. The molecule has 86 valence electrons. The maximum atomic E-state index is 10.8. The predicted octanol–water partition coefficient (Wildman–Crippen LogP) is 0.436. The van der Waals surface area contributed by atoms with Crippen LogP contribution in [-0.2, 0) is 14.6 Å². The zero-order chi connectivity index (χ0) is 11.2. The second kappa shape index (κ2) is 5.68. The summed E-state index contributed by atoms with van der Waals surface area (Å²) in [5.74, 6) is 0.195. The van der Waals surface area contributed by atoms with E-state index in [0.717, 1.165) is 13.0 Å². The van der Waals surface area contributed by atoms with Gasteiger partial charge >= 0.3 is 0 Å². The second-order valence-electron chi connectivity index (χ2n) is 4.09. The van der Waals surface area contributed by atoms with Crippen LogP contribution >= 0.6 is 0 Å². The minimum atomic E-state index is -2.84. The third-order valence-electron chi connectivity index (χ3n) is 2.11. The fourth-order valence-corrected chi connectivity index (χ4v) is 1.39. The zero-order valence-electron chi connectivity index (χ0n) is 9.46. The molecule has 0 rings (SSSR count). The number of rotatable bonds is 7. The lowest BCUT2D eigenvalue weighted by Gasteiger charge is -2.22. The first-order chi connectivity index (χ1) is 6.27. The first-order valence-electron chi connectivity index (χ1n) is 4.70. The normalized spacial score (nSPS) is 13.1. The van der Waals surface area contributed by atoms with Crippen molar-refractivity contribution < 1.29 is 13.2 Å². The lowest BCUT2D eigenvalue weighted by molar-refractivity contribution is 0.0160. The molecule has 1 N–H and O–H groups in total. The molecule has 0 aliphatic heterocycles. The van der Waals surface area contributed by atoms with E-state index in [2.05, 4.69) is 5.32 Å². The van der Waals surface area contributed by atoms with Crippen molar-refractivity contribution in [3.05, 3.63) is 0 Å². The van der Waals surface area contributed by atoms with Gasteiger partial charge in [0.1, 0.15) is 9.84 Å². The summed E-state index contributed by atoms with van der Waals surface area (Å²) in [6.45, 7) is 5.30. The molecule has 0 saturated carbocycles. The van der Waals surface area contributed by atoms with Gasteiger partial charge in [-0.05, 0) is 26.8 Å². The molecule has 5 heteroatoms. The minimum Gasteiger partial charge on any atom is -0.379 e. The van der Waals surface area contributed by atoms with Crippen molar-refractivity contribution in [2.75, 3.05) is 32.2 Å². The summed E-state index contributed by atoms with van der Waals surface area (Å²) in [7, 11) is -1.16. The highest BCUT2D eigenvalue weighted by Gasteiger charge is 2.14. The smallest absolute Gasteiger partial charge is 0.148 e. The lowest BCUT2D eigenvalue weighted by atomic mass is 10.1. The van der Waals surface area contributed by atoms with Crippen LogP contribution < -0.4 is 5.32 Å². The molecule has 0 heterocycles. The van der Waals surface area contributed by atoms with Gasteiger partial charge in [0.05, 0.1) is 11.4 Å². The van der Waals surface area contributed by atoms with Crippen LogP contribution in [0, 0.1) is 0 Å². The Morgan fingerprint density at radius 1 is 1.29 bits per heavy atom. The Hall–Kier alpha value is -0.130. The third kappa shape index (κ3) is 8.47. The van der Waals surface area contributed by atoms with E-state index in [9.17, 15) is 8.42 Å². The Morgan fingerprint density at radius 3 is 2.29 bits per heavy atom. The maximum Gasteiger partial charge on any atom is 0.148 e. The first kappa shape index (κ1) is 13.9. The summed E-state index contributed by atoms with van der Waals surface area (Å²) in [4.78, 5) is 0. The van der Waals surface area contributed by atoms with Crippen molar-refractivity contribution in [3.63, 3.8) is 0 Å². The van der Waals surface area contributed by atoms with Crippen molar-refractivity contribution in [2.45, 2.75) is 25.9 Å². The van der Waals surface area contributed by atoms with Gasteiger partial charge in [-0.25, -0.2) is 8.42 Å². The Kier molecular flexibility index (Phi) is 5.63. The predicted molar refractivity (Wildman–Crippen MR) is 58.3 cm³/mol. The van der Waals surface area contributed by atoms with E-state index in [1.54, 1.807) is 7.11 Å². The summed E-state index contributed by atoms with van der Waals surface area (Å²) in [6, 6.07) is 0. The molecular formula is C9H21NO3S. The summed E-state index contributed by atoms with van der Waals surface area (Å²) < 4.78 is 26.8. The van der Waals surface area contributed by atoms with Gasteiger partial charge in [0, 0.05) is 19.9 Å². The fourth-order valence-electron chi connectivity index (χ4n) is 0.874. The van der Waals surface area contributed by atoms with Crippen LogP contribution in [0.15, 0.2) is 0 Å². The summed E-state index contributed by atoms with van der Waals surface area (Å²) in [5, 5.41) is 3.07. The number of ether oxygens (including phenoxy) is 1. The molecule has 0 aliphatic rings. The quantitative estimate of drug-likeness (QED) is 0.636. The van der Waals surface area contributed by atoms with Gasteiger partial charge in [-0.15, -0.1) is 0 Å². The maximum absolute atomic E-state index is 10.8. The Bertz CT molecular complexity index is 247. The number of hydrogen-bond acceptors (Lipinski definition) is 4. The average molecular weight is 223 g/mol. The largest absolute Gasteiger partial charge is 0.379 e. The number of sulfone groups is 1. The topological polar surface area (TPSA) is 55.4 Å². The first-order valence-corrected chi connectivity index (χ1v) is 6.76. The molecule has 0 aliphatic carbocycles. The van der Waals surface area contributed by atoms with E-state index in [1.807, 2.05) is 13.8 Å². The SMILES string of the molecule is COC(C)(C)CCNCCS(C)(=O)=O. The van der Waals surface area contributed by atoms with Gasteiger partial charge < -0.3 is 10.1 Å². The molecule has 0 amide bonds. The molecule has 0 aromatic carbocycles. The monoisotopic (exact) mass is 223 g/mol. The van der Waals surface area contributed by atoms with Gasteiger partial charge in [0.2, 0.25) is 0 Å². The minimum absolute atomic E-state index is 0.141. The number of nitrogens with one attached hydrogen (secondary N) is 1. The van der Waals surface area contributed by atoms with E-state index in [4.69, 9.17) is 4.74 Å². The Labute approximate surface area is 86.9 Å². The number of hydrogen-bond donors (Lipinski definition) is 1. The fraction of sp³-hybridized carbons (Fsp3) is 1.00. The van der Waals surface area contributed by atoms with Crippen molar-refractivity contribution in [3.8, 4) is 0 Å². The van der Waals surface area contributed by atoms with Crippen molar-refractivity contribution in [2.24, 2.45) is 0 Å². The third-order valence-corrected chi connectivity index (χ3v) is 3.05. The van der Waals surface area contributed by atoms with Crippen LogP contribution in [0.25, 0.3) is 0 Å². The molecule has 0 unspecified atom stereocenters. The molecule has 0 aromatic heterocycles. The van der Waals surface area contributed by atoms with Crippen molar-refractivity contribution in [1.29, 1.82) is 0 Å². The van der Waals surface area contributed by atoms with Crippen LogP contribution in [-0.4, -0.2) is 46.2 Å². The highest BCUT2D eigenvalue weighted by atomic mass is 32.2. The van der Waals surface area contributed by atoms with Crippen LogP contribution in [0.5, 0.6) is 0 Å². The van der Waals surface area contributed by atoms with Gasteiger partial charge in [-0.3, -0.25) is 0 Å². The molecule has 0 bridgehead atoms. The Morgan fingerprint density at radius 2 is 1.86 bits per heavy atom. The second-order valence-corrected chi connectivity index (χ2v) is 6.35. The molecule has 0 aromatic rings. The van der Waals surface area contributed by atoms with E-state index in [0.29, 0.717) is 6.54 Å². The van der Waals surface area contributed by atoms with Crippen LogP contribution in [0.1, 0.15) is 20.3 Å². The lowest BCUT2D eigenvalue weighted by Crippen LogP contribution is -2.31. The Balaban J connectivity index is 3.49. The molecule has 4 nitrogen and oxygen atoms in total. The van der Waals surface area contributed by atoms with Gasteiger partial charge in [0.15, 0.2) is 0 Å². The van der Waals surface area contributed by atoms with Crippen molar-refractivity contribution >= 4 is 9.84 Å². The van der Waals surface area contributed by atoms with Crippen LogP contribution in [0.4, 0.5) is 0 Å². The van der Waals surface area contributed by atoms with Crippen LogP contribution in [0.3, 0.4) is 0 Å². The zero-order valence-corrected chi connectivity index (χ0v) is 10.3. The van der Waals surface area contributed by atoms with E-state index in [1.165, 1.54) is 6.26 Å². The van der Waals surface area contributed by atoms with Gasteiger partial charge in [0.25, 0.3) is 0 Å². The van der Waals surface area contributed by atoms with Crippen LogP contribution in [0.2, 0.25) is 0 Å². The highest BCUT2D eigenvalue weighted by molar-refractivity contribution is 7.90. The van der Waals surface area contributed by atoms with Gasteiger partial charge in [-0.2, -0.15) is 0 Å². The summed E-state index contributed by atoms with van der Waals surface area (Å²) in [5.41, 5.74) is -0.141. The van der Waals surface area contributed by atoms with E-state index in [-0.39, 0.29) is 11.4 Å². The van der Waals surface area contributed by atoms with Gasteiger partial charge in [-0.1, -0.05) is 0 Å².